The van der Waals surface area contributed by atoms with Crippen LogP contribution in [0.4, 0.5) is 5.69 Å². The van der Waals surface area contributed by atoms with Crippen molar-refractivity contribution in [1.29, 1.82) is 0 Å². The molecule has 0 atom stereocenters. The Bertz CT molecular complexity index is 1190. The number of nitrogens with one attached hydrogen (secondary N) is 1. The summed E-state index contributed by atoms with van der Waals surface area (Å²) in [6.45, 7) is 0. The molecule has 0 fully saturated rings. The fourth-order valence-corrected chi connectivity index (χ4v) is 2.97. The van der Waals surface area contributed by atoms with Crippen molar-refractivity contribution in [2.24, 2.45) is 5.10 Å². The first-order chi connectivity index (χ1) is 13.7. The fraction of sp³-hybridized carbons (Fsp3) is 0.0476. The van der Waals surface area contributed by atoms with Crippen molar-refractivity contribution in [2.45, 2.75) is 6.42 Å². The van der Waals surface area contributed by atoms with Crippen LogP contribution in [0.2, 0.25) is 0 Å². The molecule has 2 aromatic carbocycles. The van der Waals surface area contributed by atoms with E-state index in [1.807, 2.05) is 66.7 Å². The molecule has 0 saturated carbocycles. The van der Waals surface area contributed by atoms with E-state index in [2.05, 4.69) is 36.5 Å². The SMILES string of the molecule is O=c1nc2ccccn2nc1C/C(=N\Nc1ccc(Br)cc1)c1ccccc1. The number of fused-ring (bicyclic) bond motifs is 1. The van der Waals surface area contributed by atoms with Gasteiger partial charge in [-0.15, -0.1) is 0 Å². The third-order valence-electron chi connectivity index (χ3n) is 4.12. The number of pyridine rings is 1. The number of hydrazone groups is 1. The Morgan fingerprint density at radius 3 is 2.54 bits per heavy atom. The van der Waals surface area contributed by atoms with Crippen LogP contribution in [0.3, 0.4) is 0 Å². The summed E-state index contributed by atoms with van der Waals surface area (Å²) in [5.74, 6) is 0. The number of benzene rings is 2. The van der Waals surface area contributed by atoms with Crippen LogP contribution in [0.15, 0.2) is 93.4 Å². The third-order valence-corrected chi connectivity index (χ3v) is 4.64. The van der Waals surface area contributed by atoms with Crippen LogP contribution in [0, 0.1) is 0 Å². The smallest absolute Gasteiger partial charge is 0.278 e. The molecule has 0 saturated heterocycles. The first-order valence-electron chi connectivity index (χ1n) is 8.67. The Morgan fingerprint density at radius 2 is 1.75 bits per heavy atom. The quantitative estimate of drug-likeness (QED) is 0.382. The molecule has 2 heterocycles. The molecule has 2 aromatic heterocycles. The van der Waals surface area contributed by atoms with Crippen LogP contribution in [-0.4, -0.2) is 20.3 Å². The maximum absolute atomic E-state index is 12.4. The Hall–Kier alpha value is -3.32. The third kappa shape index (κ3) is 4.15. The Kier molecular flexibility index (Phi) is 5.25. The van der Waals surface area contributed by atoms with Gasteiger partial charge in [-0.2, -0.15) is 15.2 Å². The maximum Gasteiger partial charge on any atom is 0.295 e. The highest BCUT2D eigenvalue weighted by atomic mass is 79.9. The van der Waals surface area contributed by atoms with Crippen molar-refractivity contribution in [3.05, 3.63) is 105 Å². The van der Waals surface area contributed by atoms with E-state index in [1.165, 1.54) is 0 Å². The van der Waals surface area contributed by atoms with Crippen LogP contribution >= 0.6 is 15.9 Å². The highest BCUT2D eigenvalue weighted by Gasteiger charge is 2.12. The molecule has 0 spiro atoms. The molecule has 4 rings (SSSR count). The molecule has 4 aromatic rings. The van der Waals surface area contributed by atoms with E-state index < -0.39 is 0 Å². The number of halogens is 1. The molecule has 0 unspecified atom stereocenters. The van der Waals surface area contributed by atoms with Gasteiger partial charge in [0.2, 0.25) is 0 Å². The van der Waals surface area contributed by atoms with Gasteiger partial charge < -0.3 is 0 Å². The molecule has 0 amide bonds. The lowest BCUT2D eigenvalue weighted by Gasteiger charge is -2.08. The van der Waals surface area contributed by atoms with Crippen molar-refractivity contribution in [1.82, 2.24) is 14.6 Å². The Morgan fingerprint density at radius 1 is 1.00 bits per heavy atom. The minimum Gasteiger partial charge on any atom is -0.278 e. The summed E-state index contributed by atoms with van der Waals surface area (Å²) in [5, 5.41) is 8.98. The number of rotatable bonds is 5. The van der Waals surface area contributed by atoms with Crippen molar-refractivity contribution in [2.75, 3.05) is 5.43 Å². The lowest BCUT2D eigenvalue weighted by atomic mass is 10.1. The summed E-state index contributed by atoms with van der Waals surface area (Å²) in [4.78, 5) is 16.6. The van der Waals surface area contributed by atoms with E-state index in [4.69, 9.17) is 0 Å². The number of hydrogen-bond donors (Lipinski definition) is 1. The average Bonchev–Trinajstić information content (AvgIpc) is 2.73. The summed E-state index contributed by atoms with van der Waals surface area (Å²) in [7, 11) is 0. The number of hydrogen-bond acceptors (Lipinski definition) is 5. The summed E-state index contributed by atoms with van der Waals surface area (Å²) < 4.78 is 2.59. The first kappa shape index (κ1) is 18.1. The lowest BCUT2D eigenvalue weighted by Crippen LogP contribution is -2.22. The average molecular weight is 434 g/mol. The van der Waals surface area contributed by atoms with Crippen LogP contribution in [0.5, 0.6) is 0 Å². The number of nitrogens with zero attached hydrogens (tertiary/aromatic N) is 4. The van der Waals surface area contributed by atoms with Crippen molar-refractivity contribution < 1.29 is 0 Å². The minimum absolute atomic E-state index is 0.261. The van der Waals surface area contributed by atoms with Gasteiger partial charge in [-0.25, -0.2) is 4.52 Å². The zero-order chi connectivity index (χ0) is 19.3. The Labute approximate surface area is 169 Å². The van der Waals surface area contributed by atoms with Gasteiger partial charge in [0.1, 0.15) is 5.69 Å². The molecule has 6 nitrogen and oxygen atoms in total. The molecular formula is C21H16BrN5O. The van der Waals surface area contributed by atoms with E-state index in [0.29, 0.717) is 17.1 Å². The molecule has 0 bridgehead atoms. The summed E-state index contributed by atoms with van der Waals surface area (Å²) in [5.41, 5.74) is 6.02. The molecule has 1 N–H and O–H groups in total. The van der Waals surface area contributed by atoms with E-state index in [9.17, 15) is 4.79 Å². The molecular weight excluding hydrogens is 418 g/mol. The first-order valence-corrected chi connectivity index (χ1v) is 9.46. The number of aromatic nitrogens is 3. The monoisotopic (exact) mass is 433 g/mol. The molecule has 0 aliphatic heterocycles. The topological polar surface area (TPSA) is 71.7 Å². The van der Waals surface area contributed by atoms with Crippen molar-refractivity contribution >= 4 is 33.0 Å². The standard InChI is InChI=1S/C21H16BrN5O/c22-16-9-11-17(12-10-16)24-25-18(15-6-2-1-3-7-15)14-19-21(28)23-20-8-4-5-13-27(20)26-19/h1-13,24H,14H2/b25-18+. The normalized spacial score (nSPS) is 11.5. The second-order valence-corrected chi connectivity index (χ2v) is 7.00. The highest BCUT2D eigenvalue weighted by Crippen LogP contribution is 2.15. The molecule has 0 radical (unpaired) electrons. The van der Waals surface area contributed by atoms with E-state index in [-0.39, 0.29) is 12.0 Å². The van der Waals surface area contributed by atoms with Gasteiger partial charge in [-0.1, -0.05) is 52.3 Å². The maximum atomic E-state index is 12.4. The largest absolute Gasteiger partial charge is 0.295 e. The predicted molar refractivity (Wildman–Crippen MR) is 114 cm³/mol. The van der Waals surface area contributed by atoms with Gasteiger partial charge in [0.25, 0.3) is 5.56 Å². The van der Waals surface area contributed by atoms with Gasteiger partial charge in [0.15, 0.2) is 5.65 Å². The van der Waals surface area contributed by atoms with E-state index in [0.717, 1.165) is 15.7 Å². The summed E-state index contributed by atoms with van der Waals surface area (Å²) >= 11 is 3.42. The lowest BCUT2D eigenvalue weighted by molar-refractivity contribution is 0.832. The van der Waals surface area contributed by atoms with E-state index in [1.54, 1.807) is 16.8 Å². The van der Waals surface area contributed by atoms with Gasteiger partial charge in [0, 0.05) is 17.1 Å². The zero-order valence-corrected chi connectivity index (χ0v) is 16.4. The minimum atomic E-state index is -0.349. The van der Waals surface area contributed by atoms with Gasteiger partial charge >= 0.3 is 0 Å². The van der Waals surface area contributed by atoms with Crippen LogP contribution in [-0.2, 0) is 6.42 Å². The highest BCUT2D eigenvalue weighted by molar-refractivity contribution is 9.10. The van der Waals surface area contributed by atoms with Crippen LogP contribution < -0.4 is 11.0 Å². The van der Waals surface area contributed by atoms with Crippen LogP contribution in [0.25, 0.3) is 5.65 Å². The second-order valence-electron chi connectivity index (χ2n) is 6.09. The Balaban J connectivity index is 1.70. The van der Waals surface area contributed by atoms with Gasteiger partial charge in [-0.3, -0.25) is 10.2 Å². The van der Waals surface area contributed by atoms with Crippen LogP contribution in [0.1, 0.15) is 11.3 Å². The van der Waals surface area contributed by atoms with Gasteiger partial charge in [-0.05, 0) is 42.0 Å². The van der Waals surface area contributed by atoms with Crippen molar-refractivity contribution in [3.63, 3.8) is 0 Å². The second kappa shape index (κ2) is 8.14. The summed E-state index contributed by atoms with van der Waals surface area (Å²) in [6.07, 6.45) is 2.03. The van der Waals surface area contributed by atoms with Gasteiger partial charge in [0.05, 0.1) is 11.4 Å². The van der Waals surface area contributed by atoms with Crippen molar-refractivity contribution in [3.8, 4) is 0 Å². The molecule has 7 heteroatoms. The molecule has 0 aliphatic rings. The number of anilines is 1. The summed E-state index contributed by atoms with van der Waals surface area (Å²) in [6, 6.07) is 22.8. The fourth-order valence-electron chi connectivity index (χ4n) is 2.70. The zero-order valence-electron chi connectivity index (χ0n) is 14.8. The van der Waals surface area contributed by atoms with E-state index >= 15 is 0 Å². The molecule has 28 heavy (non-hydrogen) atoms. The molecule has 138 valence electrons. The molecule has 0 aliphatic carbocycles. The predicted octanol–water partition coefficient (Wildman–Crippen LogP) is 3.91.